The Labute approximate surface area is 71.1 Å². The molecular formula is C10H9NO. The third-order valence-electron chi connectivity index (χ3n) is 2.17. The number of benzene rings is 1. The molecule has 0 saturated heterocycles. The molecule has 1 aliphatic rings. The van der Waals surface area contributed by atoms with Crippen LogP contribution in [0.2, 0.25) is 0 Å². The van der Waals surface area contributed by atoms with Gasteiger partial charge in [-0.15, -0.1) is 0 Å². The Morgan fingerprint density at radius 2 is 2.17 bits per heavy atom. The Bertz CT molecular complexity index is 347. The van der Waals surface area contributed by atoms with Crippen molar-refractivity contribution in [2.45, 2.75) is 18.8 Å². The molecule has 1 aromatic carbocycles. The van der Waals surface area contributed by atoms with Gasteiger partial charge in [-0.1, -0.05) is 0 Å². The Hall–Kier alpha value is -1.49. The van der Waals surface area contributed by atoms with Crippen molar-refractivity contribution >= 4 is 0 Å². The summed E-state index contributed by atoms with van der Waals surface area (Å²) < 4.78 is 0. The zero-order chi connectivity index (χ0) is 8.55. The molecule has 1 fully saturated rings. The fraction of sp³-hybridized carbons (Fsp3) is 0.300. The molecule has 2 nitrogen and oxygen atoms in total. The van der Waals surface area contributed by atoms with E-state index in [2.05, 4.69) is 6.07 Å². The van der Waals surface area contributed by atoms with Gasteiger partial charge in [0.05, 0.1) is 11.6 Å². The third-order valence-corrected chi connectivity index (χ3v) is 2.17. The average Bonchev–Trinajstić information content (AvgIpc) is 2.87. The van der Waals surface area contributed by atoms with E-state index in [9.17, 15) is 5.11 Å². The van der Waals surface area contributed by atoms with Crippen molar-refractivity contribution in [2.75, 3.05) is 0 Å². The molecular weight excluding hydrogens is 150 g/mol. The summed E-state index contributed by atoms with van der Waals surface area (Å²) in [6.07, 6.45) is 2.30. The van der Waals surface area contributed by atoms with Crippen LogP contribution in [0.25, 0.3) is 0 Å². The van der Waals surface area contributed by atoms with Gasteiger partial charge in [0.25, 0.3) is 0 Å². The Morgan fingerprint density at radius 3 is 2.75 bits per heavy atom. The highest BCUT2D eigenvalue weighted by Crippen LogP contribution is 2.42. The lowest BCUT2D eigenvalue weighted by molar-refractivity contribution is 0.474. The van der Waals surface area contributed by atoms with Crippen LogP contribution in [0.3, 0.4) is 0 Å². The zero-order valence-corrected chi connectivity index (χ0v) is 6.62. The SMILES string of the molecule is N#Cc1ccc(O)cc1C1CC1. The molecule has 60 valence electrons. The number of aromatic hydroxyl groups is 1. The lowest BCUT2D eigenvalue weighted by Crippen LogP contribution is -1.85. The first-order chi connectivity index (χ1) is 5.81. The number of hydrogen-bond donors (Lipinski definition) is 1. The van der Waals surface area contributed by atoms with Crippen LogP contribution < -0.4 is 0 Å². The molecule has 0 atom stereocenters. The summed E-state index contributed by atoms with van der Waals surface area (Å²) in [7, 11) is 0. The van der Waals surface area contributed by atoms with E-state index in [0.29, 0.717) is 11.5 Å². The quantitative estimate of drug-likeness (QED) is 0.682. The minimum absolute atomic E-state index is 0.260. The Balaban J connectivity index is 2.48. The van der Waals surface area contributed by atoms with E-state index in [0.717, 1.165) is 18.4 Å². The predicted molar refractivity (Wildman–Crippen MR) is 44.8 cm³/mol. The second-order valence-electron chi connectivity index (χ2n) is 3.16. The number of nitrogens with zero attached hydrogens (tertiary/aromatic N) is 1. The number of rotatable bonds is 1. The molecule has 1 N–H and O–H groups in total. The van der Waals surface area contributed by atoms with Gasteiger partial charge in [-0.2, -0.15) is 5.26 Å². The minimum Gasteiger partial charge on any atom is -0.508 e. The van der Waals surface area contributed by atoms with E-state index in [1.807, 2.05) is 0 Å². The van der Waals surface area contributed by atoms with Crippen molar-refractivity contribution in [3.8, 4) is 11.8 Å². The molecule has 12 heavy (non-hydrogen) atoms. The van der Waals surface area contributed by atoms with Gasteiger partial charge in [0.1, 0.15) is 5.75 Å². The number of nitriles is 1. The van der Waals surface area contributed by atoms with Gasteiger partial charge >= 0.3 is 0 Å². The molecule has 2 rings (SSSR count). The third kappa shape index (κ3) is 1.14. The van der Waals surface area contributed by atoms with Crippen molar-refractivity contribution in [1.29, 1.82) is 5.26 Å². The van der Waals surface area contributed by atoms with E-state index in [1.165, 1.54) is 0 Å². The standard InChI is InChI=1S/C10H9NO/c11-6-8-3-4-9(12)5-10(8)7-1-2-7/h3-5,7,12H,1-2H2. The molecule has 1 saturated carbocycles. The van der Waals surface area contributed by atoms with Crippen LogP contribution in [0.1, 0.15) is 29.9 Å². The molecule has 0 bridgehead atoms. The van der Waals surface area contributed by atoms with Crippen molar-refractivity contribution < 1.29 is 5.11 Å². The maximum Gasteiger partial charge on any atom is 0.115 e. The Morgan fingerprint density at radius 1 is 1.42 bits per heavy atom. The van der Waals surface area contributed by atoms with Crippen LogP contribution in [0, 0.1) is 11.3 Å². The molecule has 1 aliphatic carbocycles. The van der Waals surface area contributed by atoms with Gasteiger partial charge in [0, 0.05) is 0 Å². The van der Waals surface area contributed by atoms with Crippen LogP contribution in [0.5, 0.6) is 5.75 Å². The molecule has 0 spiro atoms. The van der Waals surface area contributed by atoms with Crippen LogP contribution >= 0.6 is 0 Å². The first-order valence-electron chi connectivity index (χ1n) is 4.04. The normalized spacial score (nSPS) is 15.6. The first-order valence-corrected chi connectivity index (χ1v) is 4.04. The van der Waals surface area contributed by atoms with Gasteiger partial charge in [-0.3, -0.25) is 0 Å². The summed E-state index contributed by atoms with van der Waals surface area (Å²) >= 11 is 0. The molecule has 0 amide bonds. The van der Waals surface area contributed by atoms with Gasteiger partial charge in [0.2, 0.25) is 0 Å². The average molecular weight is 159 g/mol. The van der Waals surface area contributed by atoms with Crippen molar-refractivity contribution in [3.63, 3.8) is 0 Å². The summed E-state index contributed by atoms with van der Waals surface area (Å²) in [5.41, 5.74) is 1.72. The van der Waals surface area contributed by atoms with Crippen LogP contribution in [0.4, 0.5) is 0 Å². The molecule has 0 aromatic heterocycles. The topological polar surface area (TPSA) is 44.0 Å². The van der Waals surface area contributed by atoms with E-state index in [1.54, 1.807) is 18.2 Å². The van der Waals surface area contributed by atoms with Crippen LogP contribution in [0.15, 0.2) is 18.2 Å². The smallest absolute Gasteiger partial charge is 0.115 e. The maximum atomic E-state index is 9.20. The molecule has 0 aliphatic heterocycles. The molecule has 2 heteroatoms. The lowest BCUT2D eigenvalue weighted by Gasteiger charge is -2.01. The number of phenols is 1. The van der Waals surface area contributed by atoms with Gasteiger partial charge in [0.15, 0.2) is 0 Å². The van der Waals surface area contributed by atoms with E-state index in [4.69, 9.17) is 5.26 Å². The summed E-state index contributed by atoms with van der Waals surface area (Å²) in [6, 6.07) is 7.08. The summed E-state index contributed by atoms with van der Waals surface area (Å²) in [4.78, 5) is 0. The zero-order valence-electron chi connectivity index (χ0n) is 6.62. The number of hydrogen-bond acceptors (Lipinski definition) is 2. The van der Waals surface area contributed by atoms with Crippen LogP contribution in [-0.4, -0.2) is 5.11 Å². The van der Waals surface area contributed by atoms with Gasteiger partial charge in [-0.05, 0) is 42.5 Å². The van der Waals surface area contributed by atoms with Crippen LogP contribution in [-0.2, 0) is 0 Å². The largest absolute Gasteiger partial charge is 0.508 e. The monoisotopic (exact) mass is 159 g/mol. The fourth-order valence-electron chi connectivity index (χ4n) is 1.38. The van der Waals surface area contributed by atoms with Crippen molar-refractivity contribution in [3.05, 3.63) is 29.3 Å². The first kappa shape index (κ1) is 7.17. The summed E-state index contributed by atoms with van der Waals surface area (Å²) in [6.45, 7) is 0. The molecule has 0 heterocycles. The van der Waals surface area contributed by atoms with Gasteiger partial charge in [-0.25, -0.2) is 0 Å². The maximum absolute atomic E-state index is 9.20. The molecule has 0 unspecified atom stereocenters. The van der Waals surface area contributed by atoms with E-state index in [-0.39, 0.29) is 5.75 Å². The minimum atomic E-state index is 0.260. The summed E-state index contributed by atoms with van der Waals surface area (Å²) in [5.74, 6) is 0.780. The highest BCUT2D eigenvalue weighted by atomic mass is 16.3. The van der Waals surface area contributed by atoms with E-state index < -0.39 is 0 Å². The molecule has 0 radical (unpaired) electrons. The van der Waals surface area contributed by atoms with Crippen molar-refractivity contribution in [2.24, 2.45) is 0 Å². The number of phenolic OH excluding ortho intramolecular Hbond substituents is 1. The highest BCUT2D eigenvalue weighted by Gasteiger charge is 2.26. The highest BCUT2D eigenvalue weighted by molar-refractivity contribution is 5.45. The second-order valence-corrected chi connectivity index (χ2v) is 3.16. The van der Waals surface area contributed by atoms with Crippen molar-refractivity contribution in [1.82, 2.24) is 0 Å². The second kappa shape index (κ2) is 2.53. The fourth-order valence-corrected chi connectivity index (χ4v) is 1.38. The molecule has 1 aromatic rings. The van der Waals surface area contributed by atoms with Gasteiger partial charge < -0.3 is 5.11 Å². The van der Waals surface area contributed by atoms with E-state index >= 15 is 0 Å². The predicted octanol–water partition coefficient (Wildman–Crippen LogP) is 2.14. The lowest BCUT2D eigenvalue weighted by atomic mass is 10.0. The summed E-state index contributed by atoms with van der Waals surface area (Å²) in [5, 5.41) is 18.0. The Kier molecular flexibility index (Phi) is 1.51.